The monoisotopic (exact) mass is 432 g/mol. The van der Waals surface area contributed by atoms with Crippen molar-refractivity contribution in [2.75, 3.05) is 11.4 Å². The summed E-state index contributed by atoms with van der Waals surface area (Å²) in [5.41, 5.74) is 3.66. The van der Waals surface area contributed by atoms with E-state index in [0.717, 1.165) is 28.6 Å². The smallest absolute Gasteiger partial charge is 0.229 e. The summed E-state index contributed by atoms with van der Waals surface area (Å²) in [5, 5.41) is 1.69. The van der Waals surface area contributed by atoms with Crippen LogP contribution >= 0.6 is 11.6 Å². The van der Waals surface area contributed by atoms with Gasteiger partial charge in [-0.3, -0.25) is 0 Å². The van der Waals surface area contributed by atoms with E-state index in [1.807, 2.05) is 36.9 Å². The van der Waals surface area contributed by atoms with Crippen LogP contribution in [0.3, 0.4) is 0 Å². The third kappa shape index (κ3) is 3.29. The molecule has 1 atom stereocenters. The van der Waals surface area contributed by atoms with E-state index in [0.29, 0.717) is 34.7 Å². The number of benzene rings is 2. The SMILES string of the molecule is [C-]#[N+]c1ccc(C2c3[nH]c4ccc(Cl)cc4c3CCN2c2nc(C)nc(C)n2)c(F)c1. The highest BCUT2D eigenvalue weighted by Gasteiger charge is 2.35. The molecule has 5 rings (SSSR count). The van der Waals surface area contributed by atoms with E-state index < -0.39 is 11.9 Å². The fraction of sp³-hybridized carbons (Fsp3) is 0.217. The first-order valence-electron chi connectivity index (χ1n) is 9.87. The molecule has 31 heavy (non-hydrogen) atoms. The highest BCUT2D eigenvalue weighted by Crippen LogP contribution is 2.41. The topological polar surface area (TPSA) is 62.1 Å². The van der Waals surface area contributed by atoms with E-state index in [1.54, 1.807) is 12.1 Å². The Morgan fingerprint density at radius 1 is 1.13 bits per heavy atom. The standard InChI is InChI=1S/C23H18ClFN6/c1-12-27-13(2)29-23(28-12)31-9-8-16-18-10-14(24)4-7-20(18)30-21(16)22(31)17-6-5-15(26-3)11-19(17)25/h4-7,10-11,22,30H,8-9H2,1-2H3. The molecule has 0 saturated heterocycles. The van der Waals surface area contributed by atoms with Crippen LogP contribution in [0.5, 0.6) is 0 Å². The summed E-state index contributed by atoms with van der Waals surface area (Å²) < 4.78 is 15.2. The number of rotatable bonds is 2. The normalized spacial score (nSPS) is 15.7. The van der Waals surface area contributed by atoms with E-state index in [2.05, 4.69) is 24.8 Å². The predicted octanol–water partition coefficient (Wildman–Crippen LogP) is 5.47. The van der Waals surface area contributed by atoms with Crippen LogP contribution in [0.2, 0.25) is 5.02 Å². The molecule has 1 aliphatic rings. The summed E-state index contributed by atoms with van der Waals surface area (Å²) in [6.07, 6.45) is 0.734. The number of anilines is 1. The summed E-state index contributed by atoms with van der Waals surface area (Å²) in [5.74, 6) is 1.29. The highest BCUT2D eigenvalue weighted by molar-refractivity contribution is 6.31. The Bertz CT molecular complexity index is 1350. The number of aryl methyl sites for hydroxylation is 2. The number of aromatic amines is 1. The molecule has 3 heterocycles. The fourth-order valence-corrected chi connectivity index (χ4v) is 4.51. The molecule has 2 aromatic heterocycles. The Morgan fingerprint density at radius 2 is 1.90 bits per heavy atom. The first-order chi connectivity index (χ1) is 14.9. The second kappa shape index (κ2) is 7.33. The lowest BCUT2D eigenvalue weighted by atomic mass is 9.92. The first kappa shape index (κ1) is 19.5. The van der Waals surface area contributed by atoms with E-state index in [1.165, 1.54) is 6.07 Å². The van der Waals surface area contributed by atoms with Gasteiger partial charge in [0, 0.05) is 33.7 Å². The molecule has 6 nitrogen and oxygen atoms in total. The van der Waals surface area contributed by atoms with Crippen molar-refractivity contribution in [3.05, 3.63) is 87.1 Å². The molecule has 0 aliphatic carbocycles. The van der Waals surface area contributed by atoms with Crippen molar-refractivity contribution in [1.29, 1.82) is 0 Å². The van der Waals surface area contributed by atoms with Crippen LogP contribution in [0.4, 0.5) is 16.0 Å². The van der Waals surface area contributed by atoms with Gasteiger partial charge in [-0.05, 0) is 50.1 Å². The minimum atomic E-state index is -0.476. The predicted molar refractivity (Wildman–Crippen MR) is 118 cm³/mol. The molecule has 1 N–H and O–H groups in total. The first-order valence-corrected chi connectivity index (χ1v) is 10.2. The number of hydrogen-bond acceptors (Lipinski definition) is 4. The van der Waals surface area contributed by atoms with E-state index in [4.69, 9.17) is 18.2 Å². The van der Waals surface area contributed by atoms with Gasteiger partial charge < -0.3 is 9.88 Å². The third-order valence-electron chi connectivity index (χ3n) is 5.60. The van der Waals surface area contributed by atoms with Gasteiger partial charge >= 0.3 is 0 Å². The molecule has 2 aromatic carbocycles. The molecule has 0 saturated carbocycles. The largest absolute Gasteiger partial charge is 0.356 e. The molecule has 154 valence electrons. The minimum absolute atomic E-state index is 0.263. The Labute approximate surface area is 183 Å². The van der Waals surface area contributed by atoms with Gasteiger partial charge in [0.15, 0.2) is 5.69 Å². The number of H-pyrrole nitrogens is 1. The van der Waals surface area contributed by atoms with Gasteiger partial charge in [-0.25, -0.2) is 14.2 Å². The number of nitrogens with zero attached hydrogens (tertiary/aromatic N) is 5. The van der Waals surface area contributed by atoms with Gasteiger partial charge in [0.25, 0.3) is 0 Å². The number of aromatic nitrogens is 4. The van der Waals surface area contributed by atoms with Crippen molar-refractivity contribution in [3.8, 4) is 0 Å². The average molecular weight is 433 g/mol. The molecule has 0 spiro atoms. The lowest BCUT2D eigenvalue weighted by Gasteiger charge is -2.36. The van der Waals surface area contributed by atoms with Gasteiger partial charge in [-0.15, -0.1) is 0 Å². The Morgan fingerprint density at radius 3 is 2.61 bits per heavy atom. The summed E-state index contributed by atoms with van der Waals surface area (Å²) in [6.45, 7) is 11.4. The maximum atomic E-state index is 15.2. The zero-order valence-corrected chi connectivity index (χ0v) is 17.7. The second-order valence-electron chi connectivity index (χ2n) is 7.60. The molecule has 0 fully saturated rings. The van der Waals surface area contributed by atoms with Crippen LogP contribution in [0.1, 0.15) is 34.5 Å². The van der Waals surface area contributed by atoms with Crippen LogP contribution in [0.25, 0.3) is 15.7 Å². The van der Waals surface area contributed by atoms with Crippen LogP contribution in [0, 0.1) is 26.2 Å². The fourth-order valence-electron chi connectivity index (χ4n) is 4.33. The van der Waals surface area contributed by atoms with Crippen molar-refractivity contribution in [2.45, 2.75) is 26.3 Å². The number of hydrogen-bond donors (Lipinski definition) is 1. The Hall–Kier alpha value is -3.50. The maximum Gasteiger partial charge on any atom is 0.229 e. The Kier molecular flexibility index (Phi) is 4.60. The molecular formula is C23H18ClFN6. The van der Waals surface area contributed by atoms with Crippen molar-refractivity contribution >= 4 is 34.1 Å². The molecule has 8 heteroatoms. The summed E-state index contributed by atoms with van der Waals surface area (Å²) in [7, 11) is 0. The molecule has 0 radical (unpaired) electrons. The minimum Gasteiger partial charge on any atom is -0.356 e. The lowest BCUT2D eigenvalue weighted by molar-refractivity contribution is 0.561. The summed E-state index contributed by atoms with van der Waals surface area (Å²) >= 11 is 6.25. The summed E-state index contributed by atoms with van der Waals surface area (Å²) in [6, 6.07) is 9.83. The number of fused-ring (bicyclic) bond motifs is 3. The van der Waals surface area contributed by atoms with E-state index in [-0.39, 0.29) is 5.69 Å². The average Bonchev–Trinajstić information content (AvgIpc) is 3.10. The molecule has 4 aromatic rings. The van der Waals surface area contributed by atoms with Crippen molar-refractivity contribution in [2.24, 2.45) is 0 Å². The van der Waals surface area contributed by atoms with Crippen molar-refractivity contribution < 1.29 is 4.39 Å². The van der Waals surface area contributed by atoms with Gasteiger partial charge in [0.05, 0.1) is 6.57 Å². The van der Waals surface area contributed by atoms with Crippen LogP contribution in [-0.2, 0) is 6.42 Å². The highest BCUT2D eigenvalue weighted by atomic mass is 35.5. The van der Waals surface area contributed by atoms with E-state index >= 15 is 4.39 Å². The number of halogens is 2. The van der Waals surface area contributed by atoms with Crippen LogP contribution in [0.15, 0.2) is 36.4 Å². The van der Waals surface area contributed by atoms with Crippen LogP contribution in [-0.4, -0.2) is 26.5 Å². The quantitative estimate of drug-likeness (QED) is 0.427. The molecule has 0 amide bonds. The molecule has 1 unspecified atom stereocenters. The maximum absolute atomic E-state index is 15.2. The van der Waals surface area contributed by atoms with Crippen molar-refractivity contribution in [3.63, 3.8) is 0 Å². The Balaban J connectivity index is 1.75. The second-order valence-corrected chi connectivity index (χ2v) is 8.04. The van der Waals surface area contributed by atoms with Gasteiger partial charge in [0.2, 0.25) is 5.95 Å². The van der Waals surface area contributed by atoms with Crippen LogP contribution < -0.4 is 4.90 Å². The lowest BCUT2D eigenvalue weighted by Crippen LogP contribution is -2.38. The zero-order chi connectivity index (χ0) is 21.7. The van der Waals surface area contributed by atoms with Gasteiger partial charge in [-0.2, -0.15) is 9.97 Å². The zero-order valence-electron chi connectivity index (χ0n) is 16.9. The van der Waals surface area contributed by atoms with Gasteiger partial charge in [0.1, 0.15) is 23.5 Å². The van der Waals surface area contributed by atoms with Crippen molar-refractivity contribution in [1.82, 2.24) is 19.9 Å². The molecule has 1 aliphatic heterocycles. The third-order valence-corrected chi connectivity index (χ3v) is 5.84. The summed E-state index contributed by atoms with van der Waals surface area (Å²) in [4.78, 5) is 22.2. The molecule has 0 bridgehead atoms. The van der Waals surface area contributed by atoms with E-state index in [9.17, 15) is 0 Å². The molecular weight excluding hydrogens is 415 g/mol. The van der Waals surface area contributed by atoms with Gasteiger partial charge in [-0.1, -0.05) is 23.7 Å². The number of nitrogens with one attached hydrogen (secondary N) is 1.